The summed E-state index contributed by atoms with van der Waals surface area (Å²) in [5.41, 5.74) is 8.72. The molecule has 0 N–H and O–H groups in total. The number of nitrogens with zero attached hydrogens (tertiary/aromatic N) is 3. The van der Waals surface area contributed by atoms with Crippen LogP contribution in [0.25, 0.3) is 33.4 Å². The van der Waals surface area contributed by atoms with E-state index in [0.29, 0.717) is 37.5 Å². The van der Waals surface area contributed by atoms with Crippen molar-refractivity contribution in [2.24, 2.45) is 15.0 Å². The average Bonchev–Trinajstić information content (AvgIpc) is 3.78. The maximum Gasteiger partial charge on any atom is 0.217 e. The van der Waals surface area contributed by atoms with Gasteiger partial charge < -0.3 is 14.2 Å². The molecule has 210 valence electrons. The highest BCUT2D eigenvalue weighted by Gasteiger charge is 2.37. The van der Waals surface area contributed by atoms with Crippen LogP contribution < -0.4 is 0 Å². The van der Waals surface area contributed by atoms with Gasteiger partial charge in [0.25, 0.3) is 0 Å². The van der Waals surface area contributed by atoms with Crippen LogP contribution in [0.2, 0.25) is 0 Å². The molecule has 6 heteroatoms. The molecular weight excluding hydrogens is 522 g/mol. The van der Waals surface area contributed by atoms with Crippen LogP contribution in [0.15, 0.2) is 106 Å². The summed E-state index contributed by atoms with van der Waals surface area (Å²) in [6.07, 6.45) is 0. The second kappa shape index (κ2) is 10.9. The van der Waals surface area contributed by atoms with Crippen molar-refractivity contribution in [2.45, 2.75) is 38.9 Å². The smallest absolute Gasteiger partial charge is 0.217 e. The summed E-state index contributed by atoms with van der Waals surface area (Å²) in [5.74, 6) is 1.84. The maximum atomic E-state index is 6.39. The Morgan fingerprint density at radius 2 is 0.667 bits per heavy atom. The Labute approximate surface area is 246 Å². The minimum Gasteiger partial charge on any atom is -0.475 e. The van der Waals surface area contributed by atoms with E-state index >= 15 is 0 Å². The highest BCUT2D eigenvalue weighted by molar-refractivity contribution is 6.23. The van der Waals surface area contributed by atoms with Crippen molar-refractivity contribution < 1.29 is 14.2 Å². The van der Waals surface area contributed by atoms with Gasteiger partial charge >= 0.3 is 0 Å². The van der Waals surface area contributed by atoms with E-state index in [1.54, 1.807) is 0 Å². The van der Waals surface area contributed by atoms with Gasteiger partial charge in [0.05, 0.1) is 34.8 Å². The molecule has 3 aliphatic rings. The largest absolute Gasteiger partial charge is 0.475 e. The minimum absolute atomic E-state index is 0.0353. The zero-order valence-electron chi connectivity index (χ0n) is 24.1. The summed E-state index contributed by atoms with van der Waals surface area (Å²) in [6, 6.07) is 31.4. The molecule has 0 aliphatic carbocycles. The molecule has 0 amide bonds. The summed E-state index contributed by atoms with van der Waals surface area (Å²) in [6.45, 7) is 7.79. The van der Waals surface area contributed by atoms with Gasteiger partial charge in [0.15, 0.2) is 0 Å². The quantitative estimate of drug-likeness (QED) is 0.253. The molecule has 0 aromatic heterocycles. The van der Waals surface area contributed by atoms with Crippen molar-refractivity contribution in [2.75, 3.05) is 19.8 Å². The molecule has 7 rings (SSSR count). The fourth-order valence-electron chi connectivity index (χ4n) is 5.90. The Hall–Kier alpha value is -4.71. The third-order valence-electron chi connectivity index (χ3n) is 7.73. The predicted molar refractivity (Wildman–Crippen MR) is 169 cm³/mol. The number of aliphatic imine (C=N–C) groups is 3. The Morgan fingerprint density at radius 3 is 0.881 bits per heavy atom. The number of rotatable bonds is 6. The van der Waals surface area contributed by atoms with Crippen molar-refractivity contribution >= 4 is 17.7 Å². The van der Waals surface area contributed by atoms with E-state index in [9.17, 15) is 0 Å². The summed E-state index contributed by atoms with van der Waals surface area (Å²) in [5, 5.41) is 0. The first kappa shape index (κ1) is 26.2. The third-order valence-corrected chi connectivity index (χ3v) is 7.73. The van der Waals surface area contributed by atoms with Gasteiger partial charge in [-0.15, -0.1) is 0 Å². The number of ether oxygens (including phenoxy) is 3. The molecule has 3 heterocycles. The van der Waals surface area contributed by atoms with E-state index in [2.05, 4.69) is 93.6 Å². The third kappa shape index (κ3) is 4.67. The fourth-order valence-corrected chi connectivity index (χ4v) is 5.90. The zero-order chi connectivity index (χ0) is 28.6. The van der Waals surface area contributed by atoms with Crippen molar-refractivity contribution in [3.63, 3.8) is 0 Å². The highest BCUT2D eigenvalue weighted by Crippen LogP contribution is 2.47. The topological polar surface area (TPSA) is 64.8 Å². The monoisotopic (exact) mass is 555 g/mol. The van der Waals surface area contributed by atoms with E-state index in [0.717, 1.165) is 50.1 Å². The van der Waals surface area contributed by atoms with E-state index in [-0.39, 0.29) is 18.1 Å². The molecule has 0 spiro atoms. The van der Waals surface area contributed by atoms with Crippen LogP contribution in [0.1, 0.15) is 37.5 Å². The first-order valence-electron chi connectivity index (χ1n) is 14.6. The molecule has 6 nitrogen and oxygen atoms in total. The Balaban J connectivity index is 1.75. The second-order valence-corrected chi connectivity index (χ2v) is 11.1. The van der Waals surface area contributed by atoms with Crippen molar-refractivity contribution in [3.8, 4) is 33.4 Å². The lowest BCUT2D eigenvalue weighted by Gasteiger charge is -2.26. The lowest BCUT2D eigenvalue weighted by atomic mass is 9.78. The summed E-state index contributed by atoms with van der Waals surface area (Å²) in [7, 11) is 0. The first-order chi connectivity index (χ1) is 20.6. The Kier molecular flexibility index (Phi) is 6.82. The molecule has 0 radical (unpaired) electrons. The number of hydrogen-bond acceptors (Lipinski definition) is 6. The molecule has 4 aromatic rings. The molecule has 3 aliphatic heterocycles. The van der Waals surface area contributed by atoms with Crippen molar-refractivity contribution in [3.05, 3.63) is 108 Å². The van der Waals surface area contributed by atoms with Gasteiger partial charge in [0, 0.05) is 16.7 Å². The van der Waals surface area contributed by atoms with Gasteiger partial charge in [-0.05, 0) is 37.5 Å². The van der Waals surface area contributed by atoms with Crippen LogP contribution in [0.4, 0.5) is 0 Å². The lowest BCUT2D eigenvalue weighted by Crippen LogP contribution is -2.19. The van der Waals surface area contributed by atoms with Gasteiger partial charge in [-0.3, -0.25) is 0 Å². The maximum absolute atomic E-state index is 6.39. The molecule has 0 unspecified atom stereocenters. The number of benzene rings is 4. The molecule has 0 saturated carbocycles. The van der Waals surface area contributed by atoms with Gasteiger partial charge in [-0.2, -0.15) is 0 Å². The fraction of sp³-hybridized carbons (Fsp3) is 0.250. The standard InChI is InChI=1S/C36H33N3O3/c1-22-19-40-34(37-22)31-28(25-13-7-4-8-14-25)32(35-38-23(2)20-41-35)30(27-17-11-6-12-18-27)33(36-39-24(3)21-42-36)29(31)26-15-9-5-10-16-26/h4-18,22-24H,19-21H2,1-3H3/t22-,23-,24-/m0/s1. The van der Waals surface area contributed by atoms with Gasteiger partial charge in [-0.25, -0.2) is 15.0 Å². The van der Waals surface area contributed by atoms with E-state index < -0.39 is 0 Å². The van der Waals surface area contributed by atoms with Gasteiger partial charge in [0.2, 0.25) is 17.7 Å². The molecule has 3 atom stereocenters. The van der Waals surface area contributed by atoms with Crippen LogP contribution in [0, 0.1) is 0 Å². The van der Waals surface area contributed by atoms with E-state index in [1.807, 2.05) is 18.2 Å². The Morgan fingerprint density at radius 1 is 0.405 bits per heavy atom. The normalized spacial score (nSPS) is 21.2. The number of hydrogen-bond donors (Lipinski definition) is 0. The second-order valence-electron chi connectivity index (χ2n) is 11.1. The van der Waals surface area contributed by atoms with Gasteiger partial charge in [-0.1, -0.05) is 91.0 Å². The predicted octanol–water partition coefficient (Wildman–Crippen LogP) is 7.18. The van der Waals surface area contributed by atoms with Gasteiger partial charge in [0.1, 0.15) is 19.8 Å². The van der Waals surface area contributed by atoms with Crippen molar-refractivity contribution in [1.82, 2.24) is 0 Å². The average molecular weight is 556 g/mol. The molecule has 0 fully saturated rings. The zero-order valence-corrected chi connectivity index (χ0v) is 24.1. The van der Waals surface area contributed by atoms with Crippen LogP contribution in [0.3, 0.4) is 0 Å². The molecule has 42 heavy (non-hydrogen) atoms. The molecule has 4 aromatic carbocycles. The summed E-state index contributed by atoms with van der Waals surface area (Å²) < 4.78 is 19.2. The lowest BCUT2D eigenvalue weighted by molar-refractivity contribution is 0.322. The molecule has 0 bridgehead atoms. The van der Waals surface area contributed by atoms with E-state index in [1.165, 1.54) is 0 Å². The Bertz CT molecular complexity index is 1490. The SMILES string of the molecule is C[C@H]1COC(c2c(-c3ccccc3)c(C3=N[C@@H](C)CO3)c(-c3ccccc3)c(C3=N[C@@H](C)CO3)c2-c2ccccc2)=N1. The highest BCUT2D eigenvalue weighted by atomic mass is 16.5. The van der Waals surface area contributed by atoms with Crippen LogP contribution in [-0.4, -0.2) is 55.6 Å². The van der Waals surface area contributed by atoms with Crippen molar-refractivity contribution in [1.29, 1.82) is 0 Å². The van der Waals surface area contributed by atoms with Crippen LogP contribution in [0.5, 0.6) is 0 Å². The summed E-state index contributed by atoms with van der Waals surface area (Å²) in [4.78, 5) is 15.1. The summed E-state index contributed by atoms with van der Waals surface area (Å²) >= 11 is 0. The van der Waals surface area contributed by atoms with E-state index in [4.69, 9.17) is 29.2 Å². The minimum atomic E-state index is 0.0353. The molecule has 0 saturated heterocycles. The van der Waals surface area contributed by atoms with Crippen LogP contribution in [-0.2, 0) is 14.2 Å². The molecular formula is C36H33N3O3. The van der Waals surface area contributed by atoms with Crippen LogP contribution >= 0.6 is 0 Å². The first-order valence-corrected chi connectivity index (χ1v) is 14.6.